The maximum absolute atomic E-state index is 15.2. The Bertz CT molecular complexity index is 1410. The molecule has 4 aromatic rings. The quantitative estimate of drug-likeness (QED) is 0.217. The molecule has 0 fully saturated rings. The van der Waals surface area contributed by atoms with E-state index in [1.165, 1.54) is 18.2 Å². The Morgan fingerprint density at radius 3 is 2.11 bits per heavy atom. The number of halogens is 7. The molecule has 9 heteroatoms. The third kappa shape index (κ3) is 6.15. The highest BCUT2D eigenvalue weighted by atomic mass is 19.4. The second-order valence-electron chi connectivity index (χ2n) is 8.34. The molecule has 194 valence electrons. The second kappa shape index (κ2) is 10.7. The summed E-state index contributed by atoms with van der Waals surface area (Å²) < 4.78 is 104. The first-order valence-electron chi connectivity index (χ1n) is 11.4. The maximum Gasteiger partial charge on any atom is 0.422 e. The van der Waals surface area contributed by atoms with E-state index in [0.717, 1.165) is 12.1 Å². The largest absolute Gasteiger partial charge is 0.494 e. The zero-order valence-electron chi connectivity index (χ0n) is 19.6. The Labute approximate surface area is 208 Å². The van der Waals surface area contributed by atoms with Crippen LogP contribution in [0.5, 0.6) is 11.5 Å². The Morgan fingerprint density at radius 1 is 0.730 bits per heavy atom. The third-order valence-electron chi connectivity index (χ3n) is 5.72. The molecule has 4 rings (SSSR count). The molecule has 0 aliphatic rings. The van der Waals surface area contributed by atoms with Crippen molar-refractivity contribution in [2.24, 2.45) is 0 Å². The van der Waals surface area contributed by atoms with E-state index in [0.29, 0.717) is 34.3 Å². The summed E-state index contributed by atoms with van der Waals surface area (Å²) in [5, 5.41) is 0.830. The van der Waals surface area contributed by atoms with Crippen molar-refractivity contribution >= 4 is 10.8 Å². The molecular weight excluding hydrogens is 501 g/mol. The molecule has 0 aliphatic carbocycles. The van der Waals surface area contributed by atoms with Crippen LogP contribution in [0.4, 0.5) is 30.7 Å². The molecule has 0 amide bonds. The molecule has 0 saturated carbocycles. The van der Waals surface area contributed by atoms with Gasteiger partial charge in [0.2, 0.25) is 0 Å². The van der Waals surface area contributed by atoms with Gasteiger partial charge < -0.3 is 9.47 Å². The van der Waals surface area contributed by atoms with Crippen molar-refractivity contribution < 1.29 is 40.2 Å². The summed E-state index contributed by atoms with van der Waals surface area (Å²) in [7, 11) is 0. The van der Waals surface area contributed by atoms with Gasteiger partial charge in [-0.2, -0.15) is 13.2 Å². The van der Waals surface area contributed by atoms with Gasteiger partial charge in [0.15, 0.2) is 24.0 Å². The van der Waals surface area contributed by atoms with Crippen LogP contribution in [0.25, 0.3) is 21.9 Å². The Hall–Kier alpha value is -3.75. The first-order valence-corrected chi connectivity index (χ1v) is 11.4. The van der Waals surface area contributed by atoms with E-state index < -0.39 is 41.8 Å². The lowest BCUT2D eigenvalue weighted by atomic mass is 9.97. The number of ether oxygens (including phenoxy) is 2. The molecule has 0 aliphatic heterocycles. The summed E-state index contributed by atoms with van der Waals surface area (Å²) in [5.74, 6) is -4.25. The molecule has 4 aromatic carbocycles. The van der Waals surface area contributed by atoms with Crippen LogP contribution in [0.2, 0.25) is 0 Å². The topological polar surface area (TPSA) is 18.5 Å². The summed E-state index contributed by atoms with van der Waals surface area (Å²) in [5.41, 5.74) is 1.31. The van der Waals surface area contributed by atoms with Gasteiger partial charge in [-0.3, -0.25) is 0 Å². The molecule has 37 heavy (non-hydrogen) atoms. The van der Waals surface area contributed by atoms with Crippen molar-refractivity contribution in [1.82, 2.24) is 0 Å². The average molecular weight is 522 g/mol. The van der Waals surface area contributed by atoms with E-state index in [4.69, 9.17) is 4.74 Å². The van der Waals surface area contributed by atoms with Crippen LogP contribution in [-0.4, -0.2) is 19.4 Å². The number of aryl methyl sites for hydroxylation is 2. The molecule has 0 aromatic heterocycles. The fraction of sp³-hybridized carbons (Fsp3) is 0.214. The van der Waals surface area contributed by atoms with E-state index >= 15 is 4.39 Å². The van der Waals surface area contributed by atoms with Gasteiger partial charge in [0.05, 0.1) is 6.61 Å². The minimum absolute atomic E-state index is 0.0330. The number of rotatable bonds is 8. The smallest absolute Gasteiger partial charge is 0.422 e. The average Bonchev–Trinajstić information content (AvgIpc) is 2.82. The molecular formula is C28H21F7O2. The van der Waals surface area contributed by atoms with Crippen molar-refractivity contribution in [2.75, 3.05) is 13.2 Å². The van der Waals surface area contributed by atoms with Gasteiger partial charge in [-0.25, -0.2) is 17.6 Å². The lowest BCUT2D eigenvalue weighted by Crippen LogP contribution is -2.20. The second-order valence-corrected chi connectivity index (χ2v) is 8.34. The van der Waals surface area contributed by atoms with Crippen LogP contribution < -0.4 is 9.47 Å². The predicted octanol–water partition coefficient (Wildman–Crippen LogP) is 8.19. The summed E-state index contributed by atoms with van der Waals surface area (Å²) in [6.45, 7) is 0.374. The van der Waals surface area contributed by atoms with Crippen molar-refractivity contribution in [2.45, 2.75) is 25.9 Å². The van der Waals surface area contributed by atoms with Crippen LogP contribution in [0.15, 0.2) is 60.7 Å². The van der Waals surface area contributed by atoms with Crippen molar-refractivity contribution in [3.05, 3.63) is 95.1 Å². The molecule has 0 radical (unpaired) electrons. The third-order valence-corrected chi connectivity index (χ3v) is 5.72. The van der Waals surface area contributed by atoms with Gasteiger partial charge in [-0.1, -0.05) is 24.3 Å². The van der Waals surface area contributed by atoms with E-state index in [-0.39, 0.29) is 24.0 Å². The van der Waals surface area contributed by atoms with E-state index in [1.54, 1.807) is 37.3 Å². The monoisotopic (exact) mass is 522 g/mol. The molecule has 0 spiro atoms. The lowest BCUT2D eigenvalue weighted by Gasteiger charge is -2.12. The molecule has 0 N–H and O–H groups in total. The normalized spacial score (nSPS) is 11.7. The Morgan fingerprint density at radius 2 is 1.46 bits per heavy atom. The molecule has 0 atom stereocenters. The predicted molar refractivity (Wildman–Crippen MR) is 126 cm³/mol. The van der Waals surface area contributed by atoms with Crippen molar-refractivity contribution in [3.8, 4) is 22.6 Å². The molecule has 2 nitrogen and oxygen atoms in total. The number of hydrogen-bond donors (Lipinski definition) is 0. The fourth-order valence-electron chi connectivity index (χ4n) is 4.01. The minimum Gasteiger partial charge on any atom is -0.494 e. The number of benzene rings is 4. The highest BCUT2D eigenvalue weighted by Gasteiger charge is 2.30. The summed E-state index contributed by atoms with van der Waals surface area (Å²) in [4.78, 5) is 0. The van der Waals surface area contributed by atoms with Crippen LogP contribution in [0, 0.1) is 23.3 Å². The summed E-state index contributed by atoms with van der Waals surface area (Å²) >= 11 is 0. The van der Waals surface area contributed by atoms with E-state index in [2.05, 4.69) is 4.74 Å². The lowest BCUT2D eigenvalue weighted by molar-refractivity contribution is -0.154. The number of fused-ring (bicyclic) bond motifs is 1. The van der Waals surface area contributed by atoms with E-state index in [9.17, 15) is 26.3 Å². The van der Waals surface area contributed by atoms with Crippen LogP contribution in [0.3, 0.4) is 0 Å². The summed E-state index contributed by atoms with van der Waals surface area (Å²) in [6.07, 6.45) is -4.63. The van der Waals surface area contributed by atoms with Crippen molar-refractivity contribution in [1.29, 1.82) is 0 Å². The maximum atomic E-state index is 15.2. The first kappa shape index (κ1) is 26.3. The van der Waals surface area contributed by atoms with Gasteiger partial charge in [-0.15, -0.1) is 0 Å². The van der Waals surface area contributed by atoms with Gasteiger partial charge >= 0.3 is 6.18 Å². The molecule has 0 heterocycles. The van der Waals surface area contributed by atoms with Gasteiger partial charge in [0.1, 0.15) is 17.4 Å². The van der Waals surface area contributed by atoms with Gasteiger partial charge in [-0.05, 0) is 72.2 Å². The number of alkyl halides is 3. The SMILES string of the molecule is CCOc1ccc(-c2ccc3c(F)c(CCc4cc(F)c(OCC(F)(F)F)c(F)c4)ccc3c2)c(F)c1. The Balaban J connectivity index is 1.52. The molecule has 0 bridgehead atoms. The molecule has 0 saturated heterocycles. The van der Waals surface area contributed by atoms with E-state index in [1.807, 2.05) is 0 Å². The van der Waals surface area contributed by atoms with Crippen LogP contribution in [-0.2, 0) is 12.8 Å². The van der Waals surface area contributed by atoms with Gasteiger partial charge in [0.25, 0.3) is 0 Å². The van der Waals surface area contributed by atoms with Crippen LogP contribution in [0.1, 0.15) is 18.1 Å². The zero-order valence-corrected chi connectivity index (χ0v) is 19.6. The zero-order chi connectivity index (χ0) is 26.7. The highest BCUT2D eigenvalue weighted by molar-refractivity contribution is 5.88. The Kier molecular flexibility index (Phi) is 7.61. The standard InChI is InChI=1S/C28H21F7O2/c1-2-36-20-8-10-21(23(29)14-20)18-7-9-22-19(13-18)6-5-17(26(22)32)4-3-16-11-24(30)27(25(31)12-16)37-15-28(33,34)35/h5-14H,2-4,15H2,1H3. The van der Waals surface area contributed by atoms with Crippen LogP contribution >= 0.6 is 0 Å². The fourth-order valence-corrected chi connectivity index (χ4v) is 4.01. The van der Waals surface area contributed by atoms with Crippen molar-refractivity contribution in [3.63, 3.8) is 0 Å². The minimum atomic E-state index is -4.74. The van der Waals surface area contributed by atoms with Gasteiger partial charge in [0, 0.05) is 17.0 Å². The number of hydrogen-bond acceptors (Lipinski definition) is 2. The highest BCUT2D eigenvalue weighted by Crippen LogP contribution is 2.31. The molecule has 0 unspecified atom stereocenters. The first-order chi connectivity index (χ1) is 17.6. The summed E-state index contributed by atoms with van der Waals surface area (Å²) in [6, 6.07) is 14.2.